The van der Waals surface area contributed by atoms with E-state index in [1.807, 2.05) is 30.3 Å². The molecule has 7 heteroatoms. The predicted molar refractivity (Wildman–Crippen MR) is 103 cm³/mol. The summed E-state index contributed by atoms with van der Waals surface area (Å²) in [5.74, 6) is -0.450. The van der Waals surface area contributed by atoms with Crippen LogP contribution in [0.3, 0.4) is 0 Å². The van der Waals surface area contributed by atoms with Crippen LogP contribution >= 0.6 is 0 Å². The number of morpholine rings is 1. The van der Waals surface area contributed by atoms with E-state index in [-0.39, 0.29) is 30.9 Å². The molecule has 0 aromatic heterocycles. The molecule has 0 radical (unpaired) electrons. The van der Waals surface area contributed by atoms with Crippen molar-refractivity contribution in [1.29, 1.82) is 0 Å². The van der Waals surface area contributed by atoms with Crippen LogP contribution < -0.4 is 10.2 Å². The van der Waals surface area contributed by atoms with Gasteiger partial charge in [-0.05, 0) is 17.7 Å². The number of anilines is 1. The minimum Gasteiger partial charge on any atom is -0.370 e. The number of amides is 4. The average molecular weight is 379 g/mol. The van der Waals surface area contributed by atoms with E-state index in [0.29, 0.717) is 30.9 Å². The quantitative estimate of drug-likeness (QED) is 0.888. The Labute approximate surface area is 162 Å². The van der Waals surface area contributed by atoms with Gasteiger partial charge in [0, 0.05) is 19.5 Å². The SMILES string of the molecule is O=C1CCN(c2ccccc2C(=O)N2CCOC(c3ccccc3)C2)C(=O)N1. The number of hydrogen-bond acceptors (Lipinski definition) is 4. The lowest BCUT2D eigenvalue weighted by Crippen LogP contribution is -2.50. The summed E-state index contributed by atoms with van der Waals surface area (Å²) >= 11 is 0. The monoisotopic (exact) mass is 379 g/mol. The lowest BCUT2D eigenvalue weighted by Gasteiger charge is -2.34. The van der Waals surface area contributed by atoms with Crippen LogP contribution in [0.2, 0.25) is 0 Å². The second-order valence-corrected chi connectivity index (χ2v) is 6.79. The molecule has 2 saturated heterocycles. The molecule has 2 aromatic carbocycles. The number of carbonyl (C=O) groups is 3. The highest BCUT2D eigenvalue weighted by Gasteiger charge is 2.31. The van der Waals surface area contributed by atoms with E-state index in [4.69, 9.17) is 4.74 Å². The van der Waals surface area contributed by atoms with Crippen molar-refractivity contribution in [1.82, 2.24) is 10.2 Å². The van der Waals surface area contributed by atoms with Crippen molar-refractivity contribution in [3.63, 3.8) is 0 Å². The molecule has 28 heavy (non-hydrogen) atoms. The number of benzene rings is 2. The van der Waals surface area contributed by atoms with Crippen LogP contribution in [-0.2, 0) is 9.53 Å². The number of hydrogen-bond donors (Lipinski definition) is 1. The van der Waals surface area contributed by atoms with E-state index in [0.717, 1.165) is 5.56 Å². The van der Waals surface area contributed by atoms with Crippen LogP contribution in [0.4, 0.5) is 10.5 Å². The first kappa shape index (κ1) is 18.2. The van der Waals surface area contributed by atoms with Crippen molar-refractivity contribution in [3.05, 3.63) is 65.7 Å². The maximum absolute atomic E-state index is 13.3. The van der Waals surface area contributed by atoms with E-state index in [1.54, 1.807) is 29.2 Å². The van der Waals surface area contributed by atoms with Crippen molar-refractivity contribution in [2.24, 2.45) is 0 Å². The Hall–Kier alpha value is -3.19. The molecule has 2 aliphatic heterocycles. The van der Waals surface area contributed by atoms with Crippen molar-refractivity contribution in [3.8, 4) is 0 Å². The minimum absolute atomic E-state index is 0.149. The maximum Gasteiger partial charge on any atom is 0.328 e. The van der Waals surface area contributed by atoms with E-state index in [1.165, 1.54) is 4.90 Å². The molecule has 4 amide bonds. The Morgan fingerprint density at radius 2 is 1.75 bits per heavy atom. The summed E-state index contributed by atoms with van der Waals surface area (Å²) in [6.07, 6.45) is 0.0315. The molecule has 2 fully saturated rings. The largest absolute Gasteiger partial charge is 0.370 e. The van der Waals surface area contributed by atoms with Crippen LogP contribution in [0.25, 0.3) is 0 Å². The van der Waals surface area contributed by atoms with E-state index < -0.39 is 6.03 Å². The number of nitrogens with zero attached hydrogens (tertiary/aromatic N) is 2. The van der Waals surface area contributed by atoms with Crippen LogP contribution in [0.5, 0.6) is 0 Å². The van der Waals surface area contributed by atoms with Gasteiger partial charge in [-0.3, -0.25) is 19.8 Å². The molecular formula is C21H21N3O4. The minimum atomic E-state index is -0.499. The van der Waals surface area contributed by atoms with Gasteiger partial charge in [0.25, 0.3) is 5.91 Å². The van der Waals surface area contributed by atoms with Crippen molar-refractivity contribution in [2.75, 3.05) is 31.1 Å². The fraction of sp³-hybridized carbons (Fsp3) is 0.286. The number of rotatable bonds is 3. The number of imide groups is 1. The topological polar surface area (TPSA) is 79.0 Å². The highest BCUT2D eigenvalue weighted by Crippen LogP contribution is 2.27. The predicted octanol–water partition coefficient (Wildman–Crippen LogP) is 2.35. The number of ether oxygens (including phenoxy) is 1. The molecule has 0 saturated carbocycles. The van der Waals surface area contributed by atoms with Crippen LogP contribution in [-0.4, -0.2) is 49.0 Å². The van der Waals surface area contributed by atoms with Gasteiger partial charge in [-0.25, -0.2) is 4.79 Å². The van der Waals surface area contributed by atoms with E-state index in [9.17, 15) is 14.4 Å². The molecule has 4 rings (SSSR count). The lowest BCUT2D eigenvalue weighted by atomic mass is 10.1. The molecule has 1 atom stereocenters. The summed E-state index contributed by atoms with van der Waals surface area (Å²) in [6.45, 7) is 1.64. The molecule has 1 unspecified atom stereocenters. The van der Waals surface area contributed by atoms with Crippen molar-refractivity contribution >= 4 is 23.5 Å². The van der Waals surface area contributed by atoms with Gasteiger partial charge in [0.15, 0.2) is 0 Å². The van der Waals surface area contributed by atoms with Crippen molar-refractivity contribution in [2.45, 2.75) is 12.5 Å². The smallest absolute Gasteiger partial charge is 0.328 e. The zero-order chi connectivity index (χ0) is 19.5. The standard InChI is InChI=1S/C21H21N3O4/c25-19-10-11-24(21(27)22-19)17-9-5-4-8-16(17)20(26)23-12-13-28-18(14-23)15-6-2-1-3-7-15/h1-9,18H,10-14H2,(H,22,25,27). The third kappa shape index (κ3) is 3.61. The average Bonchev–Trinajstić information content (AvgIpc) is 2.74. The second-order valence-electron chi connectivity index (χ2n) is 6.79. The molecule has 2 aromatic rings. The summed E-state index contributed by atoms with van der Waals surface area (Å²) in [5.41, 5.74) is 1.99. The normalized spacial score (nSPS) is 20.1. The second kappa shape index (κ2) is 7.82. The Kier molecular flexibility index (Phi) is 5.08. The van der Waals surface area contributed by atoms with Gasteiger partial charge in [0.1, 0.15) is 6.10 Å². The molecule has 0 bridgehead atoms. The van der Waals surface area contributed by atoms with Gasteiger partial charge < -0.3 is 9.64 Å². The Morgan fingerprint density at radius 3 is 2.54 bits per heavy atom. The van der Waals surface area contributed by atoms with Gasteiger partial charge in [-0.15, -0.1) is 0 Å². The highest BCUT2D eigenvalue weighted by molar-refractivity contribution is 6.09. The molecule has 1 N–H and O–H groups in total. The summed E-state index contributed by atoms with van der Waals surface area (Å²) in [4.78, 5) is 40.1. The Morgan fingerprint density at radius 1 is 1.00 bits per heavy atom. The Balaban J connectivity index is 1.57. The third-order valence-electron chi connectivity index (χ3n) is 5.00. The lowest BCUT2D eigenvalue weighted by molar-refractivity contribution is -0.120. The Bertz CT molecular complexity index is 900. The van der Waals surface area contributed by atoms with E-state index >= 15 is 0 Å². The fourth-order valence-corrected chi connectivity index (χ4v) is 3.56. The third-order valence-corrected chi connectivity index (χ3v) is 5.00. The van der Waals surface area contributed by atoms with Gasteiger partial charge in [-0.2, -0.15) is 0 Å². The molecular weight excluding hydrogens is 358 g/mol. The first-order valence-corrected chi connectivity index (χ1v) is 9.29. The van der Waals surface area contributed by atoms with Crippen LogP contribution in [0.15, 0.2) is 54.6 Å². The fourth-order valence-electron chi connectivity index (χ4n) is 3.56. The zero-order valence-electron chi connectivity index (χ0n) is 15.3. The first-order chi connectivity index (χ1) is 13.6. The summed E-state index contributed by atoms with van der Waals surface area (Å²) < 4.78 is 5.85. The van der Waals surface area contributed by atoms with Crippen molar-refractivity contribution < 1.29 is 19.1 Å². The molecule has 0 spiro atoms. The number of carbonyl (C=O) groups excluding carboxylic acids is 3. The number of urea groups is 1. The van der Waals surface area contributed by atoms with Gasteiger partial charge in [0.05, 0.1) is 24.4 Å². The van der Waals surface area contributed by atoms with Gasteiger partial charge >= 0.3 is 6.03 Å². The molecule has 2 aliphatic rings. The van der Waals surface area contributed by atoms with Crippen LogP contribution in [0, 0.1) is 0 Å². The number of para-hydroxylation sites is 1. The maximum atomic E-state index is 13.3. The summed E-state index contributed by atoms with van der Waals surface area (Å²) in [6, 6.07) is 16.3. The van der Waals surface area contributed by atoms with Gasteiger partial charge in [-0.1, -0.05) is 42.5 Å². The first-order valence-electron chi connectivity index (χ1n) is 9.29. The van der Waals surface area contributed by atoms with Crippen LogP contribution in [0.1, 0.15) is 28.4 Å². The summed E-state index contributed by atoms with van der Waals surface area (Å²) in [5, 5.41) is 2.31. The zero-order valence-corrected chi connectivity index (χ0v) is 15.3. The molecule has 0 aliphatic carbocycles. The highest BCUT2D eigenvalue weighted by atomic mass is 16.5. The summed E-state index contributed by atoms with van der Waals surface area (Å²) in [7, 11) is 0. The molecule has 144 valence electrons. The van der Waals surface area contributed by atoms with Gasteiger partial charge in [0.2, 0.25) is 5.91 Å². The molecule has 7 nitrogen and oxygen atoms in total. The van der Waals surface area contributed by atoms with E-state index in [2.05, 4.69) is 5.32 Å². The molecule has 2 heterocycles. The number of nitrogens with one attached hydrogen (secondary N) is 1.